The maximum absolute atomic E-state index is 11.9. The molecule has 4 rings (SSSR count). The van der Waals surface area contributed by atoms with E-state index >= 15 is 0 Å². The molecular formula is C19H17N3O3S2. The number of hydrogen-bond acceptors (Lipinski definition) is 8. The minimum absolute atomic E-state index is 0.350. The average Bonchev–Trinajstić information content (AvgIpc) is 3.28. The summed E-state index contributed by atoms with van der Waals surface area (Å²) in [5.74, 6) is 1.08. The predicted octanol–water partition coefficient (Wildman–Crippen LogP) is 4.39. The summed E-state index contributed by atoms with van der Waals surface area (Å²) in [6, 6.07) is 7.50. The van der Waals surface area contributed by atoms with Crippen LogP contribution >= 0.6 is 23.1 Å². The zero-order valence-corrected chi connectivity index (χ0v) is 16.5. The number of fused-ring (bicyclic) bond motifs is 1. The van der Waals surface area contributed by atoms with Gasteiger partial charge in [-0.25, -0.2) is 9.78 Å². The lowest BCUT2D eigenvalue weighted by molar-refractivity contribution is 0.419. The number of aryl methyl sites for hydroxylation is 2. The monoisotopic (exact) mass is 399 g/mol. The molecule has 0 atom stereocenters. The number of thiazole rings is 1. The van der Waals surface area contributed by atoms with Gasteiger partial charge in [0.1, 0.15) is 5.58 Å². The summed E-state index contributed by atoms with van der Waals surface area (Å²) in [4.78, 5) is 16.3. The molecule has 3 aromatic heterocycles. The summed E-state index contributed by atoms with van der Waals surface area (Å²) < 4.78 is 11.0. The third-order valence-electron chi connectivity index (χ3n) is 4.10. The summed E-state index contributed by atoms with van der Waals surface area (Å²) in [6.45, 7) is 4.03. The molecule has 0 aliphatic heterocycles. The minimum atomic E-state index is -0.350. The van der Waals surface area contributed by atoms with Crippen LogP contribution in [-0.4, -0.2) is 15.2 Å². The molecule has 0 aliphatic carbocycles. The Morgan fingerprint density at radius 2 is 2.07 bits per heavy atom. The Kier molecular flexibility index (Phi) is 5.09. The van der Waals surface area contributed by atoms with Crippen LogP contribution in [0.5, 0.6) is 0 Å². The first-order valence-electron chi connectivity index (χ1n) is 8.52. The minimum Gasteiger partial charge on any atom is -0.423 e. The quantitative estimate of drug-likeness (QED) is 0.351. The first-order valence-corrected chi connectivity index (χ1v) is 10.4. The van der Waals surface area contributed by atoms with Crippen molar-refractivity contribution in [1.29, 1.82) is 0 Å². The van der Waals surface area contributed by atoms with Crippen molar-refractivity contribution < 1.29 is 8.83 Å². The van der Waals surface area contributed by atoms with Crippen molar-refractivity contribution >= 4 is 34.1 Å². The highest BCUT2D eigenvalue weighted by Crippen LogP contribution is 2.27. The molecule has 0 unspecified atom stereocenters. The lowest BCUT2D eigenvalue weighted by atomic mass is 10.1. The number of aromatic nitrogens is 3. The van der Waals surface area contributed by atoms with E-state index in [-0.39, 0.29) is 5.63 Å². The van der Waals surface area contributed by atoms with E-state index in [2.05, 4.69) is 28.2 Å². The van der Waals surface area contributed by atoms with Crippen molar-refractivity contribution in [2.24, 2.45) is 0 Å². The predicted molar refractivity (Wildman–Crippen MR) is 105 cm³/mol. The van der Waals surface area contributed by atoms with Crippen LogP contribution in [0, 0.1) is 6.92 Å². The molecule has 0 saturated heterocycles. The second-order valence-electron chi connectivity index (χ2n) is 6.06. The molecule has 0 aliphatic rings. The number of thioether (sulfide) groups is 1. The van der Waals surface area contributed by atoms with Crippen LogP contribution in [0.15, 0.2) is 48.5 Å². The van der Waals surface area contributed by atoms with Crippen LogP contribution in [0.1, 0.15) is 34.6 Å². The number of nitrogens with zero attached hydrogens (tertiary/aromatic N) is 3. The molecule has 4 aromatic rings. The summed E-state index contributed by atoms with van der Waals surface area (Å²) in [5.41, 5.74) is 3.22. The molecular weight excluding hydrogens is 382 g/mol. The Bertz CT molecular complexity index is 1150. The normalized spacial score (nSPS) is 11.3. The van der Waals surface area contributed by atoms with Gasteiger partial charge in [-0.2, -0.15) is 0 Å². The van der Waals surface area contributed by atoms with Gasteiger partial charge >= 0.3 is 5.63 Å². The van der Waals surface area contributed by atoms with Gasteiger partial charge in [-0.1, -0.05) is 30.8 Å². The van der Waals surface area contributed by atoms with Gasteiger partial charge in [-0.05, 0) is 30.5 Å². The molecule has 0 saturated carbocycles. The molecule has 6 nitrogen and oxygen atoms in total. The second-order valence-corrected chi connectivity index (χ2v) is 8.05. The van der Waals surface area contributed by atoms with Crippen LogP contribution < -0.4 is 5.63 Å². The van der Waals surface area contributed by atoms with Crippen molar-refractivity contribution in [2.45, 2.75) is 37.7 Å². The smallest absolute Gasteiger partial charge is 0.336 e. The fourth-order valence-electron chi connectivity index (χ4n) is 2.77. The summed E-state index contributed by atoms with van der Waals surface area (Å²) in [5, 5.41) is 12.6. The SMILES string of the molecule is CCc1ccc2c(CSc3nnc(Cc4csc(C)n4)o3)cc(=O)oc2c1. The maximum atomic E-state index is 11.9. The van der Waals surface area contributed by atoms with Crippen LogP contribution in [0.3, 0.4) is 0 Å². The van der Waals surface area contributed by atoms with Gasteiger partial charge in [0.05, 0.1) is 17.1 Å². The molecule has 0 N–H and O–H groups in total. The van der Waals surface area contributed by atoms with E-state index in [9.17, 15) is 4.79 Å². The maximum Gasteiger partial charge on any atom is 0.336 e. The van der Waals surface area contributed by atoms with Crippen molar-refractivity contribution in [3.63, 3.8) is 0 Å². The standard InChI is InChI=1S/C19H17N3O3S2/c1-3-12-4-5-15-13(7-18(23)24-16(15)6-12)9-27-19-22-21-17(25-19)8-14-10-26-11(2)20-14/h4-7,10H,3,8-9H2,1-2H3. The first-order chi connectivity index (χ1) is 13.1. The number of hydrogen-bond donors (Lipinski definition) is 0. The lowest BCUT2D eigenvalue weighted by Crippen LogP contribution is -2.00. The van der Waals surface area contributed by atoms with Gasteiger partial charge in [-0.3, -0.25) is 0 Å². The highest BCUT2D eigenvalue weighted by atomic mass is 32.2. The van der Waals surface area contributed by atoms with E-state index in [0.717, 1.165) is 33.6 Å². The molecule has 3 heterocycles. The van der Waals surface area contributed by atoms with Crippen LogP contribution in [0.25, 0.3) is 11.0 Å². The Morgan fingerprint density at radius 3 is 2.85 bits per heavy atom. The molecule has 0 spiro atoms. The summed E-state index contributed by atoms with van der Waals surface area (Å²) in [7, 11) is 0. The molecule has 27 heavy (non-hydrogen) atoms. The van der Waals surface area contributed by atoms with E-state index in [1.807, 2.05) is 24.4 Å². The van der Waals surface area contributed by atoms with Crippen LogP contribution in [-0.2, 0) is 18.6 Å². The van der Waals surface area contributed by atoms with Crippen molar-refractivity contribution in [3.05, 3.63) is 67.8 Å². The molecule has 0 amide bonds. The van der Waals surface area contributed by atoms with E-state index in [0.29, 0.717) is 28.9 Å². The molecule has 0 radical (unpaired) electrons. The van der Waals surface area contributed by atoms with E-state index in [4.69, 9.17) is 8.83 Å². The molecule has 1 aromatic carbocycles. The van der Waals surface area contributed by atoms with Gasteiger partial charge in [-0.15, -0.1) is 21.5 Å². The topological polar surface area (TPSA) is 82.0 Å². The van der Waals surface area contributed by atoms with Gasteiger partial charge in [0.15, 0.2) is 0 Å². The van der Waals surface area contributed by atoms with Crippen LogP contribution in [0.4, 0.5) is 0 Å². The zero-order chi connectivity index (χ0) is 18.8. The highest BCUT2D eigenvalue weighted by molar-refractivity contribution is 7.98. The van der Waals surface area contributed by atoms with E-state index < -0.39 is 0 Å². The Balaban J connectivity index is 1.51. The molecule has 138 valence electrons. The Hall–Kier alpha value is -2.45. The highest BCUT2D eigenvalue weighted by Gasteiger charge is 2.12. The largest absolute Gasteiger partial charge is 0.423 e. The fraction of sp³-hybridized carbons (Fsp3) is 0.263. The first kappa shape index (κ1) is 17.9. The Morgan fingerprint density at radius 1 is 1.19 bits per heavy atom. The third-order valence-corrected chi connectivity index (χ3v) is 5.79. The van der Waals surface area contributed by atoms with Gasteiger partial charge in [0.25, 0.3) is 5.22 Å². The number of rotatable bonds is 6. The van der Waals surface area contributed by atoms with E-state index in [1.54, 1.807) is 11.3 Å². The third kappa shape index (κ3) is 4.12. The average molecular weight is 399 g/mol. The number of benzene rings is 1. The fourth-order valence-corrected chi connectivity index (χ4v) is 4.15. The molecule has 0 fully saturated rings. The van der Waals surface area contributed by atoms with Gasteiger partial charge in [0.2, 0.25) is 5.89 Å². The zero-order valence-electron chi connectivity index (χ0n) is 14.9. The van der Waals surface area contributed by atoms with Crippen molar-refractivity contribution in [2.75, 3.05) is 0 Å². The summed E-state index contributed by atoms with van der Waals surface area (Å²) >= 11 is 3.00. The summed E-state index contributed by atoms with van der Waals surface area (Å²) in [6.07, 6.45) is 1.41. The lowest BCUT2D eigenvalue weighted by Gasteiger charge is -2.05. The Labute approximate surface area is 163 Å². The molecule has 8 heteroatoms. The molecule has 0 bridgehead atoms. The van der Waals surface area contributed by atoms with Gasteiger partial charge < -0.3 is 8.83 Å². The van der Waals surface area contributed by atoms with Gasteiger partial charge in [0, 0.05) is 22.6 Å². The van der Waals surface area contributed by atoms with Crippen molar-refractivity contribution in [3.8, 4) is 0 Å². The van der Waals surface area contributed by atoms with Crippen LogP contribution in [0.2, 0.25) is 0 Å². The second kappa shape index (κ2) is 7.66. The van der Waals surface area contributed by atoms with Crippen molar-refractivity contribution in [1.82, 2.24) is 15.2 Å². The van der Waals surface area contributed by atoms with E-state index in [1.165, 1.54) is 17.8 Å².